The van der Waals surface area contributed by atoms with Gasteiger partial charge in [0.25, 0.3) is 0 Å². The van der Waals surface area contributed by atoms with Crippen LogP contribution < -0.4 is 4.90 Å². The maximum atomic E-state index is 5.07. The second kappa shape index (κ2) is 6.63. The average molecular weight is 284 g/mol. The number of aromatic nitrogens is 2. The van der Waals surface area contributed by atoms with Crippen LogP contribution in [0.5, 0.6) is 0 Å². The van der Waals surface area contributed by atoms with Gasteiger partial charge in [-0.3, -0.25) is 0 Å². The number of nitrogens with zero attached hydrogens (tertiary/aromatic N) is 4. The van der Waals surface area contributed by atoms with E-state index in [2.05, 4.69) is 40.2 Å². The minimum Gasteiger partial charge on any atom is -0.384 e. The first-order chi connectivity index (χ1) is 9.11. The summed E-state index contributed by atoms with van der Waals surface area (Å²) in [7, 11) is 6.05. The Bertz CT molecular complexity index is 398. The minimum atomic E-state index is 0.569. The van der Waals surface area contributed by atoms with Crippen molar-refractivity contribution in [2.24, 2.45) is 5.92 Å². The third-order valence-electron chi connectivity index (χ3n) is 3.85. The third kappa shape index (κ3) is 3.64. The summed E-state index contributed by atoms with van der Waals surface area (Å²) >= 11 is 1.50. The lowest BCUT2D eigenvalue weighted by Gasteiger charge is -2.39. The summed E-state index contributed by atoms with van der Waals surface area (Å²) in [5, 5.41) is 1.03. The Morgan fingerprint density at radius 1 is 1.53 bits per heavy atom. The van der Waals surface area contributed by atoms with Crippen LogP contribution in [0.1, 0.15) is 19.2 Å². The highest BCUT2D eigenvalue weighted by molar-refractivity contribution is 7.09. The third-order valence-corrected chi connectivity index (χ3v) is 4.69. The summed E-state index contributed by atoms with van der Waals surface area (Å²) in [6, 6.07) is 0.569. The standard InChI is InChI=1S/C13H24N4OS/c1-10-9-16(2)7-5-11(10)17(3)13-14-12(15-19-13)6-8-18-4/h10-11H,5-9H2,1-4H3. The summed E-state index contributed by atoms with van der Waals surface area (Å²) in [4.78, 5) is 9.33. The molecule has 1 aromatic rings. The van der Waals surface area contributed by atoms with E-state index in [0.717, 1.165) is 30.5 Å². The molecule has 2 heterocycles. The molecule has 1 aliphatic heterocycles. The maximum Gasteiger partial charge on any atom is 0.205 e. The molecule has 19 heavy (non-hydrogen) atoms. The van der Waals surface area contributed by atoms with Gasteiger partial charge in [-0.1, -0.05) is 6.92 Å². The fourth-order valence-corrected chi connectivity index (χ4v) is 3.47. The highest BCUT2D eigenvalue weighted by Gasteiger charge is 2.28. The second-order valence-corrected chi connectivity index (χ2v) is 6.17. The van der Waals surface area contributed by atoms with Crippen molar-refractivity contribution in [2.75, 3.05) is 45.8 Å². The van der Waals surface area contributed by atoms with Crippen molar-refractivity contribution in [1.82, 2.24) is 14.3 Å². The van der Waals surface area contributed by atoms with Crippen LogP contribution in [0.15, 0.2) is 0 Å². The summed E-state index contributed by atoms with van der Waals surface area (Å²) in [6.07, 6.45) is 1.99. The van der Waals surface area contributed by atoms with E-state index in [1.807, 2.05) is 0 Å². The normalized spacial score (nSPS) is 24.6. The van der Waals surface area contributed by atoms with Gasteiger partial charge in [-0.05, 0) is 25.9 Å². The van der Waals surface area contributed by atoms with E-state index in [-0.39, 0.29) is 0 Å². The number of ether oxygens (including phenoxy) is 1. The van der Waals surface area contributed by atoms with E-state index in [1.165, 1.54) is 18.0 Å². The molecule has 0 radical (unpaired) electrons. The van der Waals surface area contributed by atoms with Gasteiger partial charge in [0.2, 0.25) is 5.13 Å². The predicted molar refractivity (Wildman–Crippen MR) is 79.0 cm³/mol. The number of methoxy groups -OCH3 is 1. The first-order valence-electron chi connectivity index (χ1n) is 6.84. The zero-order valence-electron chi connectivity index (χ0n) is 12.3. The Kier molecular flexibility index (Phi) is 5.13. The molecule has 0 aliphatic carbocycles. The van der Waals surface area contributed by atoms with Crippen molar-refractivity contribution in [1.29, 1.82) is 0 Å². The molecule has 1 aliphatic rings. The fourth-order valence-electron chi connectivity index (χ4n) is 2.74. The lowest BCUT2D eigenvalue weighted by Crippen LogP contribution is -2.47. The molecule has 2 atom stereocenters. The monoisotopic (exact) mass is 284 g/mol. The number of hydrogen-bond donors (Lipinski definition) is 0. The molecule has 0 N–H and O–H groups in total. The van der Waals surface area contributed by atoms with Gasteiger partial charge in [0.05, 0.1) is 6.61 Å². The molecule has 0 amide bonds. The molecular weight excluding hydrogens is 260 g/mol. The summed E-state index contributed by atoms with van der Waals surface area (Å²) in [5.74, 6) is 1.56. The number of piperidine rings is 1. The van der Waals surface area contributed by atoms with Crippen molar-refractivity contribution in [3.63, 3.8) is 0 Å². The summed E-state index contributed by atoms with van der Waals surface area (Å²) < 4.78 is 9.47. The van der Waals surface area contributed by atoms with Gasteiger partial charge < -0.3 is 14.5 Å². The molecule has 0 aromatic carbocycles. The Hall–Kier alpha value is -0.720. The lowest BCUT2D eigenvalue weighted by atomic mass is 9.93. The van der Waals surface area contributed by atoms with E-state index in [1.54, 1.807) is 7.11 Å². The van der Waals surface area contributed by atoms with Gasteiger partial charge in [-0.2, -0.15) is 4.37 Å². The second-order valence-electron chi connectivity index (χ2n) is 5.44. The molecule has 2 unspecified atom stereocenters. The SMILES string of the molecule is COCCc1nsc(N(C)C2CCN(C)CC2C)n1. The van der Waals surface area contributed by atoms with Crippen molar-refractivity contribution in [3.8, 4) is 0 Å². The van der Waals surface area contributed by atoms with Gasteiger partial charge in [0.1, 0.15) is 5.82 Å². The Balaban J connectivity index is 1.98. The molecule has 2 rings (SSSR count). The first-order valence-corrected chi connectivity index (χ1v) is 7.62. The quantitative estimate of drug-likeness (QED) is 0.820. The molecule has 0 bridgehead atoms. The van der Waals surface area contributed by atoms with Crippen LogP contribution in [-0.4, -0.2) is 61.2 Å². The average Bonchev–Trinajstić information content (AvgIpc) is 2.84. The fraction of sp³-hybridized carbons (Fsp3) is 0.846. The van der Waals surface area contributed by atoms with E-state index in [9.17, 15) is 0 Å². The minimum absolute atomic E-state index is 0.569. The van der Waals surface area contributed by atoms with Crippen LogP contribution in [0, 0.1) is 5.92 Å². The zero-order valence-corrected chi connectivity index (χ0v) is 13.1. The zero-order chi connectivity index (χ0) is 13.8. The molecular formula is C13H24N4OS. The van der Waals surface area contributed by atoms with Crippen LogP contribution in [0.25, 0.3) is 0 Å². The van der Waals surface area contributed by atoms with E-state index >= 15 is 0 Å². The number of anilines is 1. The molecule has 0 saturated carbocycles. The number of hydrogen-bond acceptors (Lipinski definition) is 6. The summed E-state index contributed by atoms with van der Waals surface area (Å²) in [5.41, 5.74) is 0. The van der Waals surface area contributed by atoms with Gasteiger partial charge in [0.15, 0.2) is 0 Å². The first kappa shape index (κ1) is 14.7. The van der Waals surface area contributed by atoms with Crippen LogP contribution in [0.4, 0.5) is 5.13 Å². The predicted octanol–water partition coefficient (Wildman–Crippen LogP) is 1.50. The van der Waals surface area contributed by atoms with Crippen LogP contribution in [-0.2, 0) is 11.2 Å². The number of rotatable bonds is 5. The topological polar surface area (TPSA) is 41.5 Å². The smallest absolute Gasteiger partial charge is 0.205 e. The highest BCUT2D eigenvalue weighted by atomic mass is 32.1. The molecule has 108 valence electrons. The van der Waals surface area contributed by atoms with E-state index < -0.39 is 0 Å². The molecule has 6 heteroatoms. The van der Waals surface area contributed by atoms with Crippen molar-refractivity contribution < 1.29 is 4.74 Å². The highest BCUT2D eigenvalue weighted by Crippen LogP contribution is 2.26. The lowest BCUT2D eigenvalue weighted by molar-refractivity contribution is 0.193. The van der Waals surface area contributed by atoms with E-state index in [4.69, 9.17) is 4.74 Å². The van der Waals surface area contributed by atoms with Crippen molar-refractivity contribution in [2.45, 2.75) is 25.8 Å². The molecule has 1 saturated heterocycles. The maximum absolute atomic E-state index is 5.07. The molecule has 5 nitrogen and oxygen atoms in total. The largest absolute Gasteiger partial charge is 0.384 e. The summed E-state index contributed by atoms with van der Waals surface area (Å²) in [6.45, 7) is 5.33. The van der Waals surface area contributed by atoms with Crippen LogP contribution >= 0.6 is 11.5 Å². The van der Waals surface area contributed by atoms with Crippen molar-refractivity contribution in [3.05, 3.63) is 5.82 Å². The molecule has 0 spiro atoms. The molecule has 1 fully saturated rings. The Labute approximate surface area is 119 Å². The van der Waals surface area contributed by atoms with Crippen LogP contribution in [0.3, 0.4) is 0 Å². The van der Waals surface area contributed by atoms with Gasteiger partial charge >= 0.3 is 0 Å². The van der Waals surface area contributed by atoms with Gasteiger partial charge in [-0.25, -0.2) is 4.98 Å². The van der Waals surface area contributed by atoms with Crippen molar-refractivity contribution >= 4 is 16.7 Å². The number of likely N-dealkylation sites (tertiary alicyclic amines) is 1. The van der Waals surface area contributed by atoms with Gasteiger partial charge in [-0.15, -0.1) is 0 Å². The van der Waals surface area contributed by atoms with Crippen LogP contribution in [0.2, 0.25) is 0 Å². The van der Waals surface area contributed by atoms with Gasteiger partial charge in [0, 0.05) is 44.7 Å². The Morgan fingerprint density at radius 3 is 3.00 bits per heavy atom. The van der Waals surface area contributed by atoms with E-state index in [0.29, 0.717) is 18.6 Å². The molecule has 1 aromatic heterocycles. The Morgan fingerprint density at radius 2 is 2.32 bits per heavy atom.